The number of halogens is 2. The van der Waals surface area contributed by atoms with E-state index < -0.39 is 18.1 Å². The van der Waals surface area contributed by atoms with Crippen LogP contribution in [0.3, 0.4) is 0 Å². The van der Waals surface area contributed by atoms with Crippen molar-refractivity contribution in [2.75, 3.05) is 0 Å². The number of carbonyl (C=O) groups is 2. The van der Waals surface area contributed by atoms with Gasteiger partial charge < -0.3 is 9.47 Å². The van der Waals surface area contributed by atoms with E-state index in [0.29, 0.717) is 32.1 Å². The van der Waals surface area contributed by atoms with Gasteiger partial charge in [0.15, 0.2) is 0 Å². The molecule has 0 spiro atoms. The largest absolute Gasteiger partial charge is 0.462 e. The number of unbranched alkanes of at least 4 members (excludes halogenated alkanes) is 1. The normalized spacial score (nSPS) is 29.7. The quantitative estimate of drug-likeness (QED) is 0.304. The molecule has 0 saturated heterocycles. The molecule has 2 rings (SSSR count). The molecule has 29 heavy (non-hydrogen) atoms. The Balaban J connectivity index is 2.22. The summed E-state index contributed by atoms with van der Waals surface area (Å²) in [5, 5.41) is 0. The number of ether oxygens (including phenoxy) is 2. The van der Waals surface area contributed by atoms with Crippen molar-refractivity contribution >= 4 is 11.8 Å². The summed E-state index contributed by atoms with van der Waals surface area (Å²) in [4.78, 5) is 24.2. The minimum Gasteiger partial charge on any atom is -0.462 e. The van der Waals surface area contributed by atoms with Gasteiger partial charge in [0.1, 0.15) is 6.10 Å². The van der Waals surface area contributed by atoms with Gasteiger partial charge in [-0.05, 0) is 45.6 Å². The summed E-state index contributed by atoms with van der Waals surface area (Å²) in [7, 11) is 0. The van der Waals surface area contributed by atoms with Gasteiger partial charge >= 0.3 is 11.9 Å². The molecule has 2 aliphatic rings. The maximum atomic E-state index is 14.1. The van der Waals surface area contributed by atoms with Crippen LogP contribution >= 0.6 is 0 Å². The summed E-state index contributed by atoms with van der Waals surface area (Å²) in [6, 6.07) is 0. The van der Waals surface area contributed by atoms with E-state index in [-0.39, 0.29) is 36.1 Å². The molecule has 0 aromatic carbocycles. The number of fused-ring (bicyclic) bond motifs is 1. The average molecular weight is 413 g/mol. The third kappa shape index (κ3) is 7.02. The Labute approximate surface area is 172 Å². The van der Waals surface area contributed by atoms with Crippen molar-refractivity contribution in [1.29, 1.82) is 0 Å². The van der Waals surface area contributed by atoms with Crippen LogP contribution in [0.5, 0.6) is 0 Å². The Kier molecular flexibility index (Phi) is 9.00. The second-order valence-corrected chi connectivity index (χ2v) is 8.36. The lowest BCUT2D eigenvalue weighted by Gasteiger charge is -2.25. The van der Waals surface area contributed by atoms with Gasteiger partial charge in [-0.15, -0.1) is 0 Å². The van der Waals surface area contributed by atoms with Gasteiger partial charge in [0, 0.05) is 31.1 Å². The second kappa shape index (κ2) is 11.0. The molecule has 1 heterocycles. The number of allylic oxidation sites excluding steroid dienone is 3. The lowest BCUT2D eigenvalue weighted by atomic mass is 9.89. The van der Waals surface area contributed by atoms with E-state index in [9.17, 15) is 18.4 Å². The summed E-state index contributed by atoms with van der Waals surface area (Å²) < 4.78 is 39.9. The van der Waals surface area contributed by atoms with Crippen LogP contribution in [0.4, 0.5) is 8.78 Å². The smallest absolute Gasteiger partial charge is 0.309 e. The molecule has 0 amide bonds. The summed E-state index contributed by atoms with van der Waals surface area (Å²) in [6.07, 6.45) is 9.61. The molecular weight excluding hydrogens is 378 g/mol. The molecule has 1 aliphatic carbocycles. The average Bonchev–Trinajstić information content (AvgIpc) is 2.96. The maximum absolute atomic E-state index is 14.1. The SMILES string of the molecule is CCCCC(F)(F)C(=O)/C=C/[C@@H]1C2C/C=C\CCCC(=O)OC2C[C@H]1OC(C)C. The number of alkyl halides is 2. The van der Waals surface area contributed by atoms with Crippen LogP contribution in [0, 0.1) is 11.8 Å². The topological polar surface area (TPSA) is 52.6 Å². The molecule has 1 saturated carbocycles. The van der Waals surface area contributed by atoms with Gasteiger partial charge in [-0.3, -0.25) is 9.59 Å². The highest BCUT2D eigenvalue weighted by Crippen LogP contribution is 2.41. The molecule has 1 fully saturated rings. The van der Waals surface area contributed by atoms with E-state index in [2.05, 4.69) is 12.2 Å². The minimum atomic E-state index is -3.35. The predicted octanol–water partition coefficient (Wildman–Crippen LogP) is 5.41. The zero-order valence-corrected chi connectivity index (χ0v) is 17.7. The van der Waals surface area contributed by atoms with Crippen LogP contribution < -0.4 is 0 Å². The minimum absolute atomic E-state index is 0.0566. The molecule has 1 aliphatic heterocycles. The Morgan fingerprint density at radius 2 is 2.14 bits per heavy atom. The first-order valence-corrected chi connectivity index (χ1v) is 10.8. The molecule has 4 nitrogen and oxygen atoms in total. The highest BCUT2D eigenvalue weighted by atomic mass is 19.3. The molecule has 0 bridgehead atoms. The van der Waals surface area contributed by atoms with Crippen molar-refractivity contribution in [2.24, 2.45) is 11.8 Å². The standard InChI is InChI=1S/C23H34F2O4/c1-4-5-14-23(24,25)21(26)13-12-18-17-10-8-6-7-9-11-22(27)29-20(17)15-19(18)28-16(2)3/h6,8,12-13,16-20H,4-5,7,9-11,14-15H2,1-3H3/b8-6-,13-12+/t17?,18-,19-,20?/m1/s1. The van der Waals surface area contributed by atoms with Crippen molar-refractivity contribution < 1.29 is 27.8 Å². The van der Waals surface area contributed by atoms with Crippen molar-refractivity contribution in [2.45, 2.75) is 96.4 Å². The molecule has 164 valence electrons. The first-order chi connectivity index (χ1) is 13.7. The van der Waals surface area contributed by atoms with E-state index in [1.807, 2.05) is 20.8 Å². The fourth-order valence-electron chi connectivity index (χ4n) is 4.10. The molecule has 0 aromatic rings. The Morgan fingerprint density at radius 3 is 2.83 bits per heavy atom. The molecule has 2 unspecified atom stereocenters. The Morgan fingerprint density at radius 1 is 1.38 bits per heavy atom. The molecule has 4 atom stereocenters. The Bertz CT molecular complexity index is 612. The first kappa shape index (κ1) is 23.7. The number of hydrogen-bond acceptors (Lipinski definition) is 4. The maximum Gasteiger partial charge on any atom is 0.309 e. The van der Waals surface area contributed by atoms with Crippen LogP contribution in [-0.4, -0.2) is 36.0 Å². The van der Waals surface area contributed by atoms with Crippen molar-refractivity contribution in [3.63, 3.8) is 0 Å². The van der Waals surface area contributed by atoms with Gasteiger partial charge in [-0.1, -0.05) is 31.6 Å². The number of ketones is 1. The summed E-state index contributed by atoms with van der Waals surface area (Å²) in [5.41, 5.74) is 0. The van der Waals surface area contributed by atoms with E-state index >= 15 is 0 Å². The van der Waals surface area contributed by atoms with Crippen molar-refractivity contribution in [3.8, 4) is 0 Å². The van der Waals surface area contributed by atoms with E-state index in [1.165, 1.54) is 0 Å². The highest BCUT2D eigenvalue weighted by molar-refractivity contribution is 5.95. The van der Waals surface area contributed by atoms with Crippen LogP contribution in [0.25, 0.3) is 0 Å². The molecular formula is C23H34F2O4. The van der Waals surface area contributed by atoms with Gasteiger partial charge in [-0.25, -0.2) is 0 Å². The predicted molar refractivity (Wildman–Crippen MR) is 108 cm³/mol. The first-order valence-electron chi connectivity index (χ1n) is 10.8. The number of carbonyl (C=O) groups excluding carboxylic acids is 2. The van der Waals surface area contributed by atoms with Crippen molar-refractivity contribution in [1.82, 2.24) is 0 Å². The molecule has 0 aromatic heterocycles. The van der Waals surface area contributed by atoms with Crippen LogP contribution in [0.2, 0.25) is 0 Å². The van der Waals surface area contributed by atoms with Crippen molar-refractivity contribution in [3.05, 3.63) is 24.3 Å². The zero-order chi connectivity index (χ0) is 21.4. The summed E-state index contributed by atoms with van der Waals surface area (Å²) in [6.45, 7) is 5.64. The third-order valence-electron chi connectivity index (χ3n) is 5.60. The van der Waals surface area contributed by atoms with Gasteiger partial charge in [-0.2, -0.15) is 8.78 Å². The molecule has 0 radical (unpaired) electrons. The van der Waals surface area contributed by atoms with E-state index in [0.717, 1.165) is 18.9 Å². The number of rotatable bonds is 8. The van der Waals surface area contributed by atoms with Gasteiger partial charge in [0.25, 0.3) is 0 Å². The monoisotopic (exact) mass is 412 g/mol. The Hall–Kier alpha value is -1.56. The lowest BCUT2D eigenvalue weighted by molar-refractivity contribution is -0.151. The third-order valence-corrected chi connectivity index (χ3v) is 5.60. The van der Waals surface area contributed by atoms with E-state index in [1.54, 1.807) is 6.08 Å². The van der Waals surface area contributed by atoms with E-state index in [4.69, 9.17) is 9.47 Å². The van der Waals surface area contributed by atoms with Crippen LogP contribution in [0.15, 0.2) is 24.3 Å². The van der Waals surface area contributed by atoms with Crippen LogP contribution in [-0.2, 0) is 19.1 Å². The van der Waals surface area contributed by atoms with Gasteiger partial charge in [0.2, 0.25) is 5.78 Å². The van der Waals surface area contributed by atoms with Crippen LogP contribution in [0.1, 0.15) is 72.1 Å². The fraction of sp³-hybridized carbons (Fsp3) is 0.739. The molecule has 6 heteroatoms. The summed E-state index contributed by atoms with van der Waals surface area (Å²) >= 11 is 0. The summed E-state index contributed by atoms with van der Waals surface area (Å²) in [5.74, 6) is -5.09. The lowest BCUT2D eigenvalue weighted by Crippen LogP contribution is -2.29. The fourth-order valence-corrected chi connectivity index (χ4v) is 4.10. The second-order valence-electron chi connectivity index (χ2n) is 8.36. The van der Waals surface area contributed by atoms with Gasteiger partial charge in [0.05, 0.1) is 12.2 Å². The zero-order valence-electron chi connectivity index (χ0n) is 17.7. The molecule has 0 N–H and O–H groups in total. The number of hydrogen-bond donors (Lipinski definition) is 0. The highest BCUT2D eigenvalue weighted by Gasteiger charge is 2.45. The number of esters is 1.